The Labute approximate surface area is 288 Å². The van der Waals surface area contributed by atoms with E-state index in [9.17, 15) is 28.2 Å². The molecule has 3 unspecified atom stereocenters. The molecule has 0 bridgehead atoms. The molecule has 1 saturated heterocycles. The number of benzene rings is 1. The van der Waals surface area contributed by atoms with Crippen LogP contribution in [0.15, 0.2) is 35.7 Å². The number of rotatable bonds is 17. The van der Waals surface area contributed by atoms with Crippen LogP contribution < -0.4 is 21.1 Å². The van der Waals surface area contributed by atoms with Crippen LogP contribution >= 0.6 is 11.3 Å². The van der Waals surface area contributed by atoms with Crippen LogP contribution in [0.4, 0.5) is 5.13 Å². The molecule has 1 aromatic heterocycles. The number of thiazole rings is 1. The fourth-order valence-corrected chi connectivity index (χ4v) is 8.33. The molecule has 0 spiro atoms. The second-order valence-corrected chi connectivity index (χ2v) is 16.0. The number of aliphatic hydroxyl groups is 2. The molecule has 0 radical (unpaired) electrons. The van der Waals surface area contributed by atoms with E-state index in [1.807, 2.05) is 19.9 Å². The van der Waals surface area contributed by atoms with Gasteiger partial charge in [0.25, 0.3) is 10.2 Å². The van der Waals surface area contributed by atoms with Crippen molar-refractivity contribution in [3.63, 3.8) is 0 Å². The van der Waals surface area contributed by atoms with Gasteiger partial charge >= 0.3 is 0 Å². The molecule has 2 aromatic rings. The van der Waals surface area contributed by atoms with E-state index >= 15 is 0 Å². The van der Waals surface area contributed by atoms with E-state index in [-0.39, 0.29) is 51.0 Å². The maximum atomic E-state index is 14.1. The number of nitrogens with one attached hydrogen (secondary N) is 3. The van der Waals surface area contributed by atoms with Crippen molar-refractivity contribution in [3.8, 4) is 0 Å². The summed E-state index contributed by atoms with van der Waals surface area (Å²) in [4.78, 5) is 32.3. The largest absolute Gasteiger partial charge is 0.390 e. The number of hydrogen-bond acceptors (Lipinski definition) is 10. The maximum absolute atomic E-state index is 14.1. The number of aliphatic hydroxyl groups excluding tert-OH is 2. The lowest BCUT2D eigenvalue weighted by molar-refractivity contribution is -0.131. The number of aromatic nitrogens is 1. The van der Waals surface area contributed by atoms with Gasteiger partial charge in [-0.1, -0.05) is 76.3 Å². The number of nitrogens with zero attached hydrogens (tertiary/aromatic N) is 2. The van der Waals surface area contributed by atoms with Crippen LogP contribution in [0.2, 0.25) is 0 Å². The van der Waals surface area contributed by atoms with Crippen LogP contribution in [0.3, 0.4) is 0 Å². The number of nitrogens with two attached hydrogens (primary N) is 1. The first-order valence-corrected chi connectivity index (χ1v) is 19.3. The molecule has 2 fully saturated rings. The number of morpholine rings is 1. The van der Waals surface area contributed by atoms with E-state index in [4.69, 9.17) is 10.5 Å². The monoisotopic (exact) mass is 708 g/mol. The first-order chi connectivity index (χ1) is 22.9. The zero-order valence-corrected chi connectivity index (χ0v) is 29.6. The number of amides is 2. The van der Waals surface area contributed by atoms with Crippen molar-refractivity contribution in [2.24, 2.45) is 11.8 Å². The highest BCUT2D eigenvalue weighted by Crippen LogP contribution is 2.29. The number of hydrogen-bond donors (Lipinski definition) is 6. The van der Waals surface area contributed by atoms with E-state index in [2.05, 4.69) is 20.3 Å². The van der Waals surface area contributed by atoms with Gasteiger partial charge in [0.2, 0.25) is 11.8 Å². The Morgan fingerprint density at radius 1 is 1.02 bits per heavy atom. The average molecular weight is 709 g/mol. The van der Waals surface area contributed by atoms with Gasteiger partial charge in [0.1, 0.15) is 18.2 Å². The van der Waals surface area contributed by atoms with Gasteiger partial charge in [0.15, 0.2) is 5.13 Å². The highest BCUT2D eigenvalue weighted by atomic mass is 32.2. The fraction of sp³-hybridized carbons (Fsp3) is 0.667. The molecular formula is C33H52N6O7S2. The van der Waals surface area contributed by atoms with Gasteiger partial charge in [0.05, 0.1) is 31.1 Å². The van der Waals surface area contributed by atoms with E-state index < -0.39 is 52.4 Å². The highest BCUT2D eigenvalue weighted by Gasteiger charge is 2.36. The lowest BCUT2D eigenvalue weighted by atomic mass is 9.82. The van der Waals surface area contributed by atoms with Gasteiger partial charge in [0, 0.05) is 24.9 Å². The first-order valence-electron chi connectivity index (χ1n) is 17.0. The quantitative estimate of drug-likeness (QED) is 0.142. The third kappa shape index (κ3) is 11.7. The molecule has 1 aromatic carbocycles. The smallest absolute Gasteiger partial charge is 0.280 e. The fourth-order valence-electron chi connectivity index (χ4n) is 6.43. The molecule has 13 nitrogen and oxygen atoms in total. The SMILES string of the molecule is CC(C)CC(O)C(O)C(CC1CCCCC1)NC(=O)[C@H](Cc1csc(N)n1)NC(=O)[C@H](Cc1ccccc1)NS(=O)(=O)N1CCOCC1. The van der Waals surface area contributed by atoms with Crippen molar-refractivity contribution in [2.45, 2.75) is 102 Å². The molecule has 2 amide bonds. The molecule has 1 aliphatic carbocycles. The number of carbonyl (C=O) groups excluding carboxylic acids is 2. The summed E-state index contributed by atoms with van der Waals surface area (Å²) in [5, 5.41) is 29.9. The molecule has 268 valence electrons. The van der Waals surface area contributed by atoms with Gasteiger partial charge in [-0.2, -0.15) is 17.4 Å². The summed E-state index contributed by atoms with van der Waals surface area (Å²) in [6, 6.07) is 5.85. The van der Waals surface area contributed by atoms with Crippen molar-refractivity contribution in [2.75, 3.05) is 32.0 Å². The summed E-state index contributed by atoms with van der Waals surface area (Å²) in [6.07, 6.45) is 3.86. The summed E-state index contributed by atoms with van der Waals surface area (Å²) >= 11 is 1.20. The minimum absolute atomic E-state index is 0.0136. The Hall–Kier alpha value is -2.66. The van der Waals surface area contributed by atoms with Crippen LogP contribution in [0, 0.1) is 11.8 Å². The Morgan fingerprint density at radius 3 is 2.31 bits per heavy atom. The Morgan fingerprint density at radius 2 is 1.69 bits per heavy atom. The molecule has 2 heterocycles. The standard InChI is InChI=1S/C33H52N6O7S2/c1-22(2)17-29(40)30(41)26(18-23-9-5-3-6-10-23)36-31(42)27(20-25-21-47-33(34)35-25)37-32(43)28(19-24-11-7-4-8-12-24)38-48(44,45)39-13-15-46-16-14-39/h4,7-8,11-12,21-23,26-30,38,40-41H,3,5-6,9-10,13-20H2,1-2H3,(H2,34,35)(H,36,42)(H,37,43)/t26?,27-,28-,29?,30?/m0/s1. The highest BCUT2D eigenvalue weighted by molar-refractivity contribution is 7.87. The normalized spacial score (nSPS) is 19.7. The van der Waals surface area contributed by atoms with Gasteiger partial charge < -0.3 is 31.3 Å². The molecule has 7 N–H and O–H groups in total. The molecule has 4 rings (SSSR count). The van der Waals surface area contributed by atoms with Gasteiger partial charge in [-0.15, -0.1) is 11.3 Å². The molecule has 1 saturated carbocycles. The maximum Gasteiger partial charge on any atom is 0.280 e. The topological polar surface area (TPSA) is 196 Å². The second-order valence-electron chi connectivity index (χ2n) is 13.4. The first kappa shape index (κ1) is 38.1. The lowest BCUT2D eigenvalue weighted by Crippen LogP contribution is -2.59. The minimum Gasteiger partial charge on any atom is -0.390 e. The van der Waals surface area contributed by atoms with Crippen LogP contribution in [0.5, 0.6) is 0 Å². The molecule has 5 atom stereocenters. The van der Waals surface area contributed by atoms with Crippen molar-refractivity contribution >= 4 is 38.5 Å². The Kier molecular flexibility index (Phi) is 14.6. The van der Waals surface area contributed by atoms with Crippen LogP contribution in [0.25, 0.3) is 0 Å². The van der Waals surface area contributed by atoms with Gasteiger partial charge in [-0.3, -0.25) is 9.59 Å². The number of nitrogen functional groups attached to an aromatic ring is 1. The van der Waals surface area contributed by atoms with Crippen LogP contribution in [-0.4, -0.2) is 96.4 Å². The molecule has 48 heavy (non-hydrogen) atoms. The summed E-state index contributed by atoms with van der Waals surface area (Å²) in [7, 11) is -4.07. The summed E-state index contributed by atoms with van der Waals surface area (Å²) in [6.45, 7) is 4.70. The number of carbonyl (C=O) groups is 2. The van der Waals surface area contributed by atoms with E-state index in [1.54, 1.807) is 29.6 Å². The van der Waals surface area contributed by atoms with E-state index in [0.717, 1.165) is 37.7 Å². The van der Waals surface area contributed by atoms with Crippen LogP contribution in [-0.2, 0) is 37.4 Å². The Balaban J connectivity index is 1.58. The lowest BCUT2D eigenvalue weighted by Gasteiger charge is -2.34. The minimum atomic E-state index is -4.07. The molecule has 15 heteroatoms. The molecular weight excluding hydrogens is 657 g/mol. The van der Waals surface area contributed by atoms with E-state index in [1.165, 1.54) is 15.6 Å². The average Bonchev–Trinajstić information content (AvgIpc) is 3.48. The third-order valence-electron chi connectivity index (χ3n) is 8.98. The van der Waals surface area contributed by atoms with Crippen LogP contribution in [0.1, 0.15) is 70.1 Å². The number of anilines is 1. The predicted molar refractivity (Wildman–Crippen MR) is 185 cm³/mol. The molecule has 1 aliphatic heterocycles. The van der Waals surface area contributed by atoms with Gasteiger partial charge in [-0.05, 0) is 36.7 Å². The summed E-state index contributed by atoms with van der Waals surface area (Å²) in [5.41, 5.74) is 7.08. The Bertz CT molecular complexity index is 1400. The van der Waals surface area contributed by atoms with E-state index in [0.29, 0.717) is 23.7 Å². The predicted octanol–water partition coefficient (Wildman–Crippen LogP) is 1.75. The van der Waals surface area contributed by atoms with Crippen molar-refractivity contribution in [1.82, 2.24) is 24.6 Å². The second kappa shape index (κ2) is 18.4. The molecule has 2 aliphatic rings. The van der Waals surface area contributed by atoms with Crippen molar-refractivity contribution in [1.29, 1.82) is 0 Å². The zero-order chi connectivity index (χ0) is 34.7. The summed E-state index contributed by atoms with van der Waals surface area (Å²) in [5.74, 6) is -0.851. The van der Waals surface area contributed by atoms with Gasteiger partial charge in [-0.25, -0.2) is 4.98 Å². The zero-order valence-electron chi connectivity index (χ0n) is 27.9. The third-order valence-corrected chi connectivity index (χ3v) is 11.3. The van der Waals surface area contributed by atoms with Crippen molar-refractivity contribution < 1.29 is 33.0 Å². The van der Waals surface area contributed by atoms with Crippen molar-refractivity contribution in [3.05, 3.63) is 47.0 Å². The number of ether oxygens (including phenoxy) is 1. The summed E-state index contributed by atoms with van der Waals surface area (Å²) < 4.78 is 35.9.